The summed E-state index contributed by atoms with van der Waals surface area (Å²) in [5, 5.41) is 10.5. The van der Waals surface area contributed by atoms with Crippen molar-refractivity contribution in [2.24, 2.45) is 5.92 Å². The molecular weight excluding hydrogens is 222 g/mol. The molecule has 1 aliphatic rings. The Bertz CT molecular complexity index is 405. The summed E-state index contributed by atoms with van der Waals surface area (Å²) >= 11 is 0. The van der Waals surface area contributed by atoms with Crippen LogP contribution in [-0.2, 0) is 6.42 Å². The molecule has 0 aliphatic heterocycles. The highest BCUT2D eigenvalue weighted by atomic mass is 19.1. The van der Waals surface area contributed by atoms with E-state index in [4.69, 9.17) is 0 Å². The standard InChI is InChI=1S/C14H18F2O/c1-10-4-2-3-7-14(10,17)9-11-8-12(15)5-6-13(11)16/h5-6,8,10,17H,2-4,7,9H2,1H3. The molecule has 1 aromatic carbocycles. The van der Waals surface area contributed by atoms with Crippen molar-refractivity contribution in [3.05, 3.63) is 35.4 Å². The van der Waals surface area contributed by atoms with Gasteiger partial charge in [0.05, 0.1) is 5.60 Å². The normalized spacial score (nSPS) is 29.3. The number of hydrogen-bond donors (Lipinski definition) is 1. The van der Waals surface area contributed by atoms with E-state index in [1.165, 1.54) is 6.07 Å². The molecule has 0 saturated heterocycles. The van der Waals surface area contributed by atoms with E-state index >= 15 is 0 Å². The van der Waals surface area contributed by atoms with Crippen molar-refractivity contribution in [1.29, 1.82) is 0 Å². The van der Waals surface area contributed by atoms with Gasteiger partial charge in [-0.15, -0.1) is 0 Å². The minimum atomic E-state index is -0.882. The first-order chi connectivity index (χ1) is 8.01. The van der Waals surface area contributed by atoms with Gasteiger partial charge in [0.1, 0.15) is 11.6 Å². The third-order valence-corrected chi connectivity index (χ3v) is 3.92. The van der Waals surface area contributed by atoms with Gasteiger partial charge < -0.3 is 5.11 Å². The van der Waals surface area contributed by atoms with E-state index in [1.54, 1.807) is 0 Å². The Hall–Kier alpha value is -0.960. The summed E-state index contributed by atoms with van der Waals surface area (Å²) in [5.74, 6) is -0.745. The van der Waals surface area contributed by atoms with E-state index in [2.05, 4.69) is 0 Å². The Labute approximate surface area is 100 Å². The summed E-state index contributed by atoms with van der Waals surface area (Å²) in [6.07, 6.45) is 3.89. The predicted molar refractivity (Wildman–Crippen MR) is 62.6 cm³/mol. The fourth-order valence-corrected chi connectivity index (χ4v) is 2.67. The maximum absolute atomic E-state index is 13.5. The summed E-state index contributed by atoms with van der Waals surface area (Å²) < 4.78 is 26.6. The molecule has 1 fully saturated rings. The number of aliphatic hydroxyl groups is 1. The minimum absolute atomic E-state index is 0.138. The first-order valence-electron chi connectivity index (χ1n) is 6.17. The predicted octanol–water partition coefficient (Wildman–Crippen LogP) is 3.45. The Kier molecular flexibility index (Phi) is 3.48. The largest absolute Gasteiger partial charge is 0.389 e. The average Bonchev–Trinajstić information content (AvgIpc) is 2.28. The van der Waals surface area contributed by atoms with Gasteiger partial charge in [-0.3, -0.25) is 0 Å². The van der Waals surface area contributed by atoms with Gasteiger partial charge >= 0.3 is 0 Å². The zero-order valence-corrected chi connectivity index (χ0v) is 10.0. The van der Waals surface area contributed by atoms with Gasteiger partial charge in [-0.1, -0.05) is 19.8 Å². The second-order valence-electron chi connectivity index (χ2n) is 5.16. The second-order valence-corrected chi connectivity index (χ2v) is 5.16. The van der Waals surface area contributed by atoms with Crippen molar-refractivity contribution in [1.82, 2.24) is 0 Å². The summed E-state index contributed by atoms with van der Waals surface area (Å²) in [4.78, 5) is 0. The Morgan fingerprint density at radius 3 is 2.82 bits per heavy atom. The highest BCUT2D eigenvalue weighted by Gasteiger charge is 2.36. The first-order valence-corrected chi connectivity index (χ1v) is 6.17. The number of hydrogen-bond acceptors (Lipinski definition) is 1. The second kappa shape index (κ2) is 4.73. The Balaban J connectivity index is 2.21. The van der Waals surface area contributed by atoms with Gasteiger partial charge in [0.2, 0.25) is 0 Å². The van der Waals surface area contributed by atoms with Gasteiger partial charge in [-0.25, -0.2) is 8.78 Å². The van der Waals surface area contributed by atoms with Crippen LogP contribution in [0.25, 0.3) is 0 Å². The topological polar surface area (TPSA) is 20.2 Å². The third kappa shape index (κ3) is 2.65. The molecule has 3 heteroatoms. The van der Waals surface area contributed by atoms with Crippen molar-refractivity contribution < 1.29 is 13.9 Å². The summed E-state index contributed by atoms with van der Waals surface area (Å²) in [6.45, 7) is 1.98. The SMILES string of the molecule is CC1CCCCC1(O)Cc1cc(F)ccc1F. The van der Waals surface area contributed by atoms with Crippen molar-refractivity contribution in [3.63, 3.8) is 0 Å². The number of rotatable bonds is 2. The smallest absolute Gasteiger partial charge is 0.126 e. The van der Waals surface area contributed by atoms with E-state index in [1.807, 2.05) is 6.92 Å². The van der Waals surface area contributed by atoms with Crippen LogP contribution in [0.5, 0.6) is 0 Å². The molecule has 1 aliphatic carbocycles. The molecule has 1 nitrogen and oxygen atoms in total. The maximum Gasteiger partial charge on any atom is 0.126 e. The molecule has 2 atom stereocenters. The molecule has 0 heterocycles. The van der Waals surface area contributed by atoms with Gasteiger partial charge in [-0.05, 0) is 42.5 Å². The fourth-order valence-electron chi connectivity index (χ4n) is 2.67. The first kappa shape index (κ1) is 12.5. The molecule has 1 N–H and O–H groups in total. The maximum atomic E-state index is 13.5. The highest BCUT2D eigenvalue weighted by molar-refractivity contribution is 5.21. The number of benzene rings is 1. The van der Waals surface area contributed by atoms with E-state index < -0.39 is 17.2 Å². The molecule has 0 radical (unpaired) electrons. The van der Waals surface area contributed by atoms with Crippen molar-refractivity contribution >= 4 is 0 Å². The molecule has 0 amide bonds. The zero-order valence-electron chi connectivity index (χ0n) is 10.0. The van der Waals surface area contributed by atoms with E-state index in [9.17, 15) is 13.9 Å². The van der Waals surface area contributed by atoms with E-state index in [0.717, 1.165) is 31.4 Å². The lowest BCUT2D eigenvalue weighted by Gasteiger charge is -2.38. The van der Waals surface area contributed by atoms with Gasteiger partial charge in [0.25, 0.3) is 0 Å². The molecular formula is C14H18F2O. The Morgan fingerprint density at radius 2 is 2.12 bits per heavy atom. The van der Waals surface area contributed by atoms with Crippen LogP contribution in [0.3, 0.4) is 0 Å². The summed E-state index contributed by atoms with van der Waals surface area (Å²) in [7, 11) is 0. The third-order valence-electron chi connectivity index (χ3n) is 3.92. The van der Waals surface area contributed by atoms with Gasteiger partial charge in [0.15, 0.2) is 0 Å². The summed E-state index contributed by atoms with van der Waals surface area (Å²) in [5.41, 5.74) is -0.603. The molecule has 1 aromatic rings. The quantitative estimate of drug-likeness (QED) is 0.839. The summed E-state index contributed by atoms with van der Waals surface area (Å²) in [6, 6.07) is 3.42. The molecule has 1 saturated carbocycles. The van der Waals surface area contributed by atoms with Gasteiger partial charge in [0, 0.05) is 6.42 Å². The van der Waals surface area contributed by atoms with E-state index in [0.29, 0.717) is 6.42 Å². The lowest BCUT2D eigenvalue weighted by atomic mass is 9.73. The van der Waals surface area contributed by atoms with Crippen LogP contribution in [-0.4, -0.2) is 10.7 Å². The highest BCUT2D eigenvalue weighted by Crippen LogP contribution is 2.36. The molecule has 0 aromatic heterocycles. The Morgan fingerprint density at radius 1 is 1.35 bits per heavy atom. The van der Waals surface area contributed by atoms with Crippen LogP contribution < -0.4 is 0 Å². The molecule has 0 bridgehead atoms. The van der Waals surface area contributed by atoms with Crippen LogP contribution in [0.15, 0.2) is 18.2 Å². The molecule has 94 valence electrons. The van der Waals surface area contributed by atoms with E-state index in [-0.39, 0.29) is 17.9 Å². The van der Waals surface area contributed by atoms with Crippen LogP contribution in [0.2, 0.25) is 0 Å². The monoisotopic (exact) mass is 240 g/mol. The lowest BCUT2D eigenvalue weighted by Crippen LogP contribution is -2.41. The molecule has 17 heavy (non-hydrogen) atoms. The van der Waals surface area contributed by atoms with Crippen molar-refractivity contribution in [3.8, 4) is 0 Å². The minimum Gasteiger partial charge on any atom is -0.389 e. The molecule has 2 unspecified atom stereocenters. The van der Waals surface area contributed by atoms with Crippen molar-refractivity contribution in [2.45, 2.75) is 44.6 Å². The molecule has 2 rings (SSSR count). The van der Waals surface area contributed by atoms with Gasteiger partial charge in [-0.2, -0.15) is 0 Å². The van der Waals surface area contributed by atoms with Crippen LogP contribution in [0.1, 0.15) is 38.2 Å². The molecule has 0 spiro atoms. The van der Waals surface area contributed by atoms with Crippen LogP contribution >= 0.6 is 0 Å². The average molecular weight is 240 g/mol. The van der Waals surface area contributed by atoms with Crippen LogP contribution in [0, 0.1) is 17.6 Å². The fraction of sp³-hybridized carbons (Fsp3) is 0.571. The van der Waals surface area contributed by atoms with Crippen molar-refractivity contribution in [2.75, 3.05) is 0 Å². The number of halogens is 2. The van der Waals surface area contributed by atoms with Crippen LogP contribution in [0.4, 0.5) is 8.78 Å². The zero-order chi connectivity index (χ0) is 12.5. The lowest BCUT2D eigenvalue weighted by molar-refractivity contribution is -0.0411.